The van der Waals surface area contributed by atoms with Crippen molar-refractivity contribution in [2.24, 2.45) is 5.41 Å². The van der Waals surface area contributed by atoms with Crippen molar-refractivity contribution in [1.29, 1.82) is 0 Å². The molecule has 1 fully saturated rings. The second kappa shape index (κ2) is 7.43. The summed E-state index contributed by atoms with van der Waals surface area (Å²) >= 11 is 0. The van der Waals surface area contributed by atoms with Gasteiger partial charge in [0.15, 0.2) is 0 Å². The Kier molecular flexibility index (Phi) is 6.57. The lowest BCUT2D eigenvalue weighted by atomic mass is 9.86. The number of aliphatic hydroxyl groups is 1. The van der Waals surface area contributed by atoms with Crippen molar-refractivity contribution in [2.75, 3.05) is 39.5 Å². The highest BCUT2D eigenvalue weighted by Crippen LogP contribution is 2.29. The van der Waals surface area contributed by atoms with Crippen LogP contribution in [0.1, 0.15) is 34.1 Å². The van der Waals surface area contributed by atoms with Gasteiger partial charge in [-0.25, -0.2) is 0 Å². The van der Waals surface area contributed by atoms with Crippen LogP contribution in [0.25, 0.3) is 0 Å². The summed E-state index contributed by atoms with van der Waals surface area (Å²) in [6.07, 6.45) is 1.11. The molecule has 1 aliphatic heterocycles. The van der Waals surface area contributed by atoms with Gasteiger partial charge in [-0.2, -0.15) is 0 Å². The summed E-state index contributed by atoms with van der Waals surface area (Å²) in [5, 5.41) is 12.7. The van der Waals surface area contributed by atoms with Crippen molar-refractivity contribution in [3.63, 3.8) is 0 Å². The smallest absolute Gasteiger partial charge is 0.0558 e. The minimum atomic E-state index is 0.212. The fraction of sp³-hybridized carbons (Fsp3) is 1.00. The monoisotopic (exact) mass is 258 g/mol. The Morgan fingerprint density at radius 1 is 1.33 bits per heavy atom. The van der Waals surface area contributed by atoms with Crippen LogP contribution in [-0.2, 0) is 4.74 Å². The molecular weight excluding hydrogens is 228 g/mol. The molecule has 0 aromatic carbocycles. The summed E-state index contributed by atoms with van der Waals surface area (Å²) in [4.78, 5) is 2.36. The lowest BCUT2D eigenvalue weighted by Crippen LogP contribution is -2.48. The van der Waals surface area contributed by atoms with E-state index < -0.39 is 0 Å². The summed E-state index contributed by atoms with van der Waals surface area (Å²) in [6.45, 7) is 13.4. The van der Waals surface area contributed by atoms with Crippen LogP contribution in [-0.4, -0.2) is 61.5 Å². The summed E-state index contributed by atoms with van der Waals surface area (Å²) in [5.41, 5.74) is 0.212. The average molecular weight is 258 g/mol. The van der Waals surface area contributed by atoms with E-state index in [1.165, 1.54) is 0 Å². The molecule has 0 aliphatic carbocycles. The van der Waals surface area contributed by atoms with E-state index in [4.69, 9.17) is 4.74 Å². The summed E-state index contributed by atoms with van der Waals surface area (Å²) < 4.78 is 5.62. The largest absolute Gasteiger partial charge is 0.395 e. The van der Waals surface area contributed by atoms with Crippen LogP contribution in [0.2, 0.25) is 0 Å². The predicted octanol–water partition coefficient (Wildman–Crippen LogP) is 1.09. The zero-order valence-electron chi connectivity index (χ0n) is 12.4. The van der Waals surface area contributed by atoms with Gasteiger partial charge in [-0.15, -0.1) is 0 Å². The highest BCUT2D eigenvalue weighted by Gasteiger charge is 2.36. The number of hydrogen-bond acceptors (Lipinski definition) is 4. The topological polar surface area (TPSA) is 44.7 Å². The fourth-order valence-corrected chi connectivity index (χ4v) is 2.47. The molecule has 0 spiro atoms. The lowest BCUT2D eigenvalue weighted by molar-refractivity contribution is 0.0790. The molecule has 0 radical (unpaired) electrons. The fourth-order valence-electron chi connectivity index (χ4n) is 2.47. The van der Waals surface area contributed by atoms with Crippen LogP contribution in [0.4, 0.5) is 0 Å². The molecule has 108 valence electrons. The van der Waals surface area contributed by atoms with Gasteiger partial charge in [0.1, 0.15) is 0 Å². The molecule has 2 N–H and O–H groups in total. The Morgan fingerprint density at radius 3 is 2.50 bits per heavy atom. The van der Waals surface area contributed by atoms with E-state index in [2.05, 4.69) is 37.9 Å². The van der Waals surface area contributed by atoms with Gasteiger partial charge in [0, 0.05) is 43.7 Å². The number of nitrogens with zero attached hydrogens (tertiary/aromatic N) is 1. The van der Waals surface area contributed by atoms with Crippen molar-refractivity contribution < 1.29 is 9.84 Å². The number of ether oxygens (including phenoxy) is 1. The van der Waals surface area contributed by atoms with Gasteiger partial charge in [-0.1, -0.05) is 13.8 Å². The first-order valence-electron chi connectivity index (χ1n) is 7.15. The highest BCUT2D eigenvalue weighted by atomic mass is 16.5. The molecule has 1 rings (SSSR count). The Balaban J connectivity index is 2.59. The first-order valence-corrected chi connectivity index (χ1v) is 7.15. The van der Waals surface area contributed by atoms with Crippen LogP contribution in [0.15, 0.2) is 0 Å². The minimum Gasteiger partial charge on any atom is -0.395 e. The first kappa shape index (κ1) is 15.9. The number of nitrogens with one attached hydrogen (secondary N) is 1. The van der Waals surface area contributed by atoms with Gasteiger partial charge in [0.2, 0.25) is 0 Å². The molecule has 4 nitrogen and oxygen atoms in total. The second-order valence-electron chi connectivity index (χ2n) is 6.13. The number of aliphatic hydroxyl groups excluding tert-OH is 1. The van der Waals surface area contributed by atoms with Gasteiger partial charge in [-0.3, -0.25) is 4.90 Å². The number of hydrogen-bond donors (Lipinski definition) is 2. The molecule has 1 atom stereocenters. The zero-order valence-corrected chi connectivity index (χ0v) is 12.4. The Hall–Kier alpha value is -0.160. The van der Waals surface area contributed by atoms with E-state index in [9.17, 15) is 5.11 Å². The van der Waals surface area contributed by atoms with Crippen LogP contribution in [0.5, 0.6) is 0 Å². The van der Waals surface area contributed by atoms with Crippen molar-refractivity contribution in [1.82, 2.24) is 10.2 Å². The maximum atomic E-state index is 9.17. The van der Waals surface area contributed by atoms with Crippen LogP contribution < -0.4 is 5.32 Å². The predicted molar refractivity (Wildman–Crippen MR) is 74.8 cm³/mol. The molecule has 0 aromatic heterocycles. The van der Waals surface area contributed by atoms with E-state index in [1.54, 1.807) is 0 Å². The quantitative estimate of drug-likeness (QED) is 0.684. The average Bonchev–Trinajstić information content (AvgIpc) is 2.75. The maximum absolute atomic E-state index is 9.17. The third-order valence-corrected chi connectivity index (χ3v) is 3.73. The zero-order chi connectivity index (χ0) is 13.6. The third-order valence-electron chi connectivity index (χ3n) is 3.73. The molecule has 0 amide bonds. The molecule has 18 heavy (non-hydrogen) atoms. The molecule has 1 unspecified atom stereocenters. The molecule has 1 aliphatic rings. The molecular formula is C14H30N2O2. The van der Waals surface area contributed by atoms with Crippen molar-refractivity contribution in [3.8, 4) is 0 Å². The Labute approximate surface area is 112 Å². The van der Waals surface area contributed by atoms with Gasteiger partial charge >= 0.3 is 0 Å². The maximum Gasteiger partial charge on any atom is 0.0558 e. The van der Waals surface area contributed by atoms with E-state index in [-0.39, 0.29) is 12.0 Å². The summed E-state index contributed by atoms with van der Waals surface area (Å²) in [6, 6.07) is 0.974. The molecule has 0 saturated carbocycles. The summed E-state index contributed by atoms with van der Waals surface area (Å²) in [5.74, 6) is 0. The SMILES string of the molecule is CC(C)NCC1(CN(CCO)C(C)C)CCOC1. The van der Waals surface area contributed by atoms with Crippen molar-refractivity contribution in [3.05, 3.63) is 0 Å². The first-order chi connectivity index (χ1) is 8.49. The summed E-state index contributed by atoms with van der Waals surface area (Å²) in [7, 11) is 0. The highest BCUT2D eigenvalue weighted by molar-refractivity contribution is 4.89. The lowest BCUT2D eigenvalue weighted by Gasteiger charge is -2.37. The second-order valence-corrected chi connectivity index (χ2v) is 6.13. The van der Waals surface area contributed by atoms with Gasteiger partial charge in [0.05, 0.1) is 13.2 Å². The van der Waals surface area contributed by atoms with Gasteiger partial charge in [-0.05, 0) is 20.3 Å². The van der Waals surface area contributed by atoms with Crippen LogP contribution >= 0.6 is 0 Å². The van der Waals surface area contributed by atoms with E-state index >= 15 is 0 Å². The minimum absolute atomic E-state index is 0.212. The van der Waals surface area contributed by atoms with E-state index in [0.29, 0.717) is 12.1 Å². The van der Waals surface area contributed by atoms with Crippen molar-refractivity contribution >= 4 is 0 Å². The standard InChI is InChI=1S/C14H30N2O2/c1-12(2)15-9-14(5-8-18-11-14)10-16(6-7-17)13(3)4/h12-13,15,17H,5-11H2,1-4H3. The molecule has 1 saturated heterocycles. The molecule has 0 aromatic rings. The molecule has 1 heterocycles. The Bertz CT molecular complexity index is 226. The van der Waals surface area contributed by atoms with E-state index in [1.807, 2.05) is 0 Å². The van der Waals surface area contributed by atoms with Gasteiger partial charge in [0.25, 0.3) is 0 Å². The Morgan fingerprint density at radius 2 is 2.06 bits per heavy atom. The molecule has 0 bridgehead atoms. The van der Waals surface area contributed by atoms with Crippen LogP contribution in [0.3, 0.4) is 0 Å². The number of rotatable bonds is 8. The normalized spacial score (nSPS) is 24.7. The van der Waals surface area contributed by atoms with Crippen LogP contribution in [0, 0.1) is 5.41 Å². The third kappa shape index (κ3) is 4.84. The van der Waals surface area contributed by atoms with Gasteiger partial charge < -0.3 is 15.2 Å². The van der Waals surface area contributed by atoms with Crippen molar-refractivity contribution in [2.45, 2.75) is 46.2 Å². The molecule has 4 heteroatoms. The van der Waals surface area contributed by atoms with E-state index in [0.717, 1.165) is 39.3 Å².